The lowest BCUT2D eigenvalue weighted by atomic mass is 10.0. The number of hydrogen-bond acceptors (Lipinski definition) is 4. The van der Waals surface area contributed by atoms with Gasteiger partial charge < -0.3 is 15.0 Å². The molecule has 2 aliphatic rings. The zero-order valence-electron chi connectivity index (χ0n) is 14.5. The number of amides is 1. The summed E-state index contributed by atoms with van der Waals surface area (Å²) >= 11 is 0. The Morgan fingerprint density at radius 1 is 1.12 bits per heavy atom. The van der Waals surface area contributed by atoms with Gasteiger partial charge in [0.2, 0.25) is 6.41 Å². The predicted octanol–water partition coefficient (Wildman–Crippen LogP) is 1.87. The minimum Gasteiger partial charge on any atom is -0.494 e. The molecule has 0 aliphatic carbocycles. The molecule has 1 aromatic rings. The molecule has 0 spiro atoms. The molecule has 24 heavy (non-hydrogen) atoms. The van der Waals surface area contributed by atoms with E-state index in [1.807, 2.05) is 4.90 Å². The molecule has 1 unspecified atom stereocenters. The number of piperidine rings is 1. The SMILES string of the molecule is O=CN1CCN(Cc2ccc(OCCC3CCCCN3)cc2)CC1. The van der Waals surface area contributed by atoms with E-state index in [0.29, 0.717) is 6.04 Å². The second-order valence-electron chi connectivity index (χ2n) is 6.85. The van der Waals surface area contributed by atoms with Crippen LogP contribution in [0.4, 0.5) is 0 Å². The number of hydrogen-bond donors (Lipinski definition) is 1. The third-order valence-corrected chi connectivity index (χ3v) is 5.03. The molecule has 1 amide bonds. The van der Waals surface area contributed by atoms with Crippen molar-refractivity contribution in [2.75, 3.05) is 39.3 Å². The van der Waals surface area contributed by atoms with Gasteiger partial charge in [0.1, 0.15) is 5.75 Å². The first kappa shape index (κ1) is 17.2. The van der Waals surface area contributed by atoms with E-state index >= 15 is 0 Å². The summed E-state index contributed by atoms with van der Waals surface area (Å²) in [6, 6.07) is 9.08. The highest BCUT2D eigenvalue weighted by Crippen LogP contribution is 2.16. The van der Waals surface area contributed by atoms with Crippen molar-refractivity contribution in [3.05, 3.63) is 29.8 Å². The second-order valence-corrected chi connectivity index (χ2v) is 6.85. The Bertz CT molecular complexity index is 492. The lowest BCUT2D eigenvalue weighted by Crippen LogP contribution is -2.45. The van der Waals surface area contributed by atoms with E-state index in [0.717, 1.165) is 64.5 Å². The quantitative estimate of drug-likeness (QED) is 0.775. The van der Waals surface area contributed by atoms with Gasteiger partial charge in [0, 0.05) is 38.8 Å². The monoisotopic (exact) mass is 331 g/mol. The van der Waals surface area contributed by atoms with E-state index in [-0.39, 0.29) is 0 Å². The Labute approximate surface area is 145 Å². The highest BCUT2D eigenvalue weighted by Gasteiger charge is 2.15. The van der Waals surface area contributed by atoms with Crippen LogP contribution in [0.5, 0.6) is 5.75 Å². The van der Waals surface area contributed by atoms with Crippen molar-refractivity contribution in [3.8, 4) is 5.75 Å². The van der Waals surface area contributed by atoms with Gasteiger partial charge >= 0.3 is 0 Å². The fraction of sp³-hybridized carbons (Fsp3) is 0.632. The van der Waals surface area contributed by atoms with Crippen LogP contribution in [0.2, 0.25) is 0 Å². The molecule has 0 saturated carbocycles. The van der Waals surface area contributed by atoms with Gasteiger partial charge in [0.15, 0.2) is 0 Å². The van der Waals surface area contributed by atoms with Crippen molar-refractivity contribution in [3.63, 3.8) is 0 Å². The van der Waals surface area contributed by atoms with Crippen molar-refractivity contribution < 1.29 is 9.53 Å². The van der Waals surface area contributed by atoms with E-state index in [1.165, 1.54) is 24.8 Å². The molecule has 5 nitrogen and oxygen atoms in total. The molecule has 2 aliphatic heterocycles. The maximum atomic E-state index is 10.7. The van der Waals surface area contributed by atoms with Crippen LogP contribution in [0.25, 0.3) is 0 Å². The summed E-state index contributed by atoms with van der Waals surface area (Å²) in [6.07, 6.45) is 5.96. The Kier molecular flexibility index (Phi) is 6.49. The number of rotatable bonds is 7. The van der Waals surface area contributed by atoms with Gasteiger partial charge in [0.05, 0.1) is 6.61 Å². The van der Waals surface area contributed by atoms with Crippen LogP contribution in [0.15, 0.2) is 24.3 Å². The van der Waals surface area contributed by atoms with Crippen LogP contribution >= 0.6 is 0 Å². The average Bonchev–Trinajstić information content (AvgIpc) is 2.65. The first-order valence-electron chi connectivity index (χ1n) is 9.20. The molecule has 0 bridgehead atoms. The minimum atomic E-state index is 0.628. The fourth-order valence-corrected chi connectivity index (χ4v) is 3.47. The van der Waals surface area contributed by atoms with E-state index in [1.54, 1.807) is 0 Å². The maximum Gasteiger partial charge on any atom is 0.209 e. The van der Waals surface area contributed by atoms with Gasteiger partial charge in [0.25, 0.3) is 0 Å². The van der Waals surface area contributed by atoms with Gasteiger partial charge in [-0.1, -0.05) is 18.6 Å². The molecule has 0 radical (unpaired) electrons. The standard InChI is InChI=1S/C19H29N3O2/c23-16-22-12-10-21(11-13-22)15-17-4-6-19(7-5-17)24-14-8-18-3-1-2-9-20-18/h4-7,16,18,20H,1-3,8-15H2. The molecule has 1 N–H and O–H groups in total. The molecule has 2 saturated heterocycles. The van der Waals surface area contributed by atoms with Gasteiger partial charge in [-0.15, -0.1) is 0 Å². The van der Waals surface area contributed by atoms with Gasteiger partial charge in [-0.3, -0.25) is 9.69 Å². The van der Waals surface area contributed by atoms with Gasteiger partial charge in [-0.2, -0.15) is 0 Å². The first-order chi connectivity index (χ1) is 11.8. The largest absolute Gasteiger partial charge is 0.494 e. The van der Waals surface area contributed by atoms with E-state index in [9.17, 15) is 4.79 Å². The number of benzene rings is 1. The van der Waals surface area contributed by atoms with Crippen molar-refractivity contribution >= 4 is 6.41 Å². The number of carbonyl (C=O) groups excluding carboxylic acids is 1. The molecule has 132 valence electrons. The fourth-order valence-electron chi connectivity index (χ4n) is 3.47. The summed E-state index contributed by atoms with van der Waals surface area (Å²) in [5, 5.41) is 3.56. The zero-order valence-corrected chi connectivity index (χ0v) is 14.5. The molecule has 2 heterocycles. The third kappa shape index (κ3) is 5.21. The predicted molar refractivity (Wildman–Crippen MR) is 95.1 cm³/mol. The molecule has 0 aromatic heterocycles. The van der Waals surface area contributed by atoms with Crippen molar-refractivity contribution in [1.82, 2.24) is 15.1 Å². The number of piperazine rings is 1. The molecule has 5 heteroatoms. The Morgan fingerprint density at radius 3 is 2.58 bits per heavy atom. The van der Waals surface area contributed by atoms with Crippen LogP contribution in [0, 0.1) is 0 Å². The summed E-state index contributed by atoms with van der Waals surface area (Å²) in [4.78, 5) is 15.0. The second kappa shape index (κ2) is 9.04. The molecular weight excluding hydrogens is 302 g/mol. The molecule has 1 atom stereocenters. The van der Waals surface area contributed by atoms with Crippen molar-refractivity contribution in [2.45, 2.75) is 38.3 Å². The van der Waals surface area contributed by atoms with E-state index < -0.39 is 0 Å². The Morgan fingerprint density at radius 2 is 1.92 bits per heavy atom. The summed E-state index contributed by atoms with van der Waals surface area (Å²) in [6.45, 7) is 6.45. The maximum absolute atomic E-state index is 10.7. The number of nitrogens with one attached hydrogen (secondary N) is 1. The molecular formula is C19H29N3O2. The van der Waals surface area contributed by atoms with Crippen LogP contribution in [-0.2, 0) is 11.3 Å². The molecule has 2 fully saturated rings. The average molecular weight is 331 g/mol. The minimum absolute atomic E-state index is 0.628. The van der Waals surface area contributed by atoms with Crippen molar-refractivity contribution in [2.24, 2.45) is 0 Å². The number of nitrogens with zero attached hydrogens (tertiary/aromatic N) is 2. The lowest BCUT2D eigenvalue weighted by Gasteiger charge is -2.32. The van der Waals surface area contributed by atoms with Crippen molar-refractivity contribution in [1.29, 1.82) is 0 Å². The highest BCUT2D eigenvalue weighted by atomic mass is 16.5. The Balaban J connectivity index is 1.38. The van der Waals surface area contributed by atoms with Crippen LogP contribution < -0.4 is 10.1 Å². The summed E-state index contributed by atoms with van der Waals surface area (Å²) in [5.74, 6) is 0.959. The zero-order chi connectivity index (χ0) is 16.6. The smallest absolute Gasteiger partial charge is 0.209 e. The number of carbonyl (C=O) groups is 1. The topological polar surface area (TPSA) is 44.8 Å². The Hall–Kier alpha value is -1.59. The third-order valence-electron chi connectivity index (χ3n) is 5.03. The van der Waals surface area contributed by atoms with Crippen LogP contribution in [-0.4, -0.2) is 61.6 Å². The summed E-state index contributed by atoms with van der Waals surface area (Å²) < 4.78 is 5.88. The number of ether oxygens (including phenoxy) is 1. The highest BCUT2D eigenvalue weighted by molar-refractivity contribution is 5.47. The van der Waals surface area contributed by atoms with E-state index in [4.69, 9.17) is 4.74 Å². The summed E-state index contributed by atoms with van der Waals surface area (Å²) in [5.41, 5.74) is 1.30. The summed E-state index contributed by atoms with van der Waals surface area (Å²) in [7, 11) is 0. The molecule has 1 aromatic carbocycles. The van der Waals surface area contributed by atoms with Crippen LogP contribution in [0.1, 0.15) is 31.2 Å². The van der Waals surface area contributed by atoms with E-state index in [2.05, 4.69) is 34.5 Å². The molecule has 3 rings (SSSR count). The lowest BCUT2D eigenvalue weighted by molar-refractivity contribution is -0.119. The first-order valence-corrected chi connectivity index (χ1v) is 9.20. The van der Waals surface area contributed by atoms with Gasteiger partial charge in [-0.05, 0) is 43.5 Å². The van der Waals surface area contributed by atoms with Gasteiger partial charge in [-0.25, -0.2) is 0 Å². The normalized spacial score (nSPS) is 22.3. The van der Waals surface area contributed by atoms with Crippen LogP contribution in [0.3, 0.4) is 0 Å².